The average Bonchev–Trinajstić information content (AvgIpc) is 2.92. The van der Waals surface area contributed by atoms with Crippen LogP contribution in [0.5, 0.6) is 5.75 Å². The number of methoxy groups -OCH3 is 1. The molecule has 0 saturated carbocycles. The normalized spacial score (nSPS) is 17.3. The molecule has 122 valence electrons. The highest BCUT2D eigenvalue weighted by atomic mass is 32.2. The van der Waals surface area contributed by atoms with Gasteiger partial charge in [0.15, 0.2) is 0 Å². The van der Waals surface area contributed by atoms with Crippen LogP contribution in [0.15, 0.2) is 24.3 Å². The van der Waals surface area contributed by atoms with Crippen molar-refractivity contribution in [2.45, 2.75) is 25.0 Å². The second kappa shape index (κ2) is 7.08. The van der Waals surface area contributed by atoms with Gasteiger partial charge in [-0.15, -0.1) is 0 Å². The fraction of sp³-hybridized carbons (Fsp3) is 0.412. The SMILES string of the molecule is CCSCc1nc2c([nH]1)C[C@H](c1ccccc1OC)CNC2=O. The first-order valence-corrected chi connectivity index (χ1v) is 8.95. The van der Waals surface area contributed by atoms with Crippen LogP contribution in [0.2, 0.25) is 0 Å². The van der Waals surface area contributed by atoms with Gasteiger partial charge in [-0.1, -0.05) is 25.1 Å². The highest BCUT2D eigenvalue weighted by molar-refractivity contribution is 7.98. The molecule has 2 aromatic rings. The van der Waals surface area contributed by atoms with Gasteiger partial charge in [-0.05, 0) is 23.8 Å². The van der Waals surface area contributed by atoms with Gasteiger partial charge in [0.1, 0.15) is 17.3 Å². The molecular formula is C17H21N3O2S. The Morgan fingerprint density at radius 1 is 1.39 bits per heavy atom. The van der Waals surface area contributed by atoms with Gasteiger partial charge in [-0.25, -0.2) is 4.98 Å². The molecule has 0 spiro atoms. The van der Waals surface area contributed by atoms with E-state index in [-0.39, 0.29) is 11.8 Å². The van der Waals surface area contributed by atoms with Crippen molar-refractivity contribution in [2.75, 3.05) is 19.4 Å². The van der Waals surface area contributed by atoms with E-state index in [1.165, 1.54) is 0 Å². The summed E-state index contributed by atoms with van der Waals surface area (Å²) in [6.45, 7) is 2.70. The van der Waals surface area contributed by atoms with Crippen molar-refractivity contribution in [1.82, 2.24) is 15.3 Å². The number of carbonyl (C=O) groups excluding carboxylic acids is 1. The number of aromatic nitrogens is 2. The number of nitrogens with zero attached hydrogens (tertiary/aromatic N) is 1. The molecule has 1 aromatic heterocycles. The zero-order valence-electron chi connectivity index (χ0n) is 13.4. The van der Waals surface area contributed by atoms with Crippen LogP contribution in [0, 0.1) is 0 Å². The van der Waals surface area contributed by atoms with Crippen LogP contribution in [0.3, 0.4) is 0 Å². The standard InChI is InChI=1S/C17H21N3O2S/c1-3-23-10-15-19-13-8-11(9-18-17(21)16(13)20-15)12-6-4-5-7-14(12)22-2/h4-7,11H,3,8-10H2,1-2H3,(H,18,21)(H,19,20)/t11-/m0/s1. The van der Waals surface area contributed by atoms with E-state index in [4.69, 9.17) is 4.74 Å². The summed E-state index contributed by atoms with van der Waals surface area (Å²) in [7, 11) is 1.68. The Labute approximate surface area is 140 Å². The van der Waals surface area contributed by atoms with E-state index in [1.54, 1.807) is 18.9 Å². The Morgan fingerprint density at radius 2 is 2.22 bits per heavy atom. The number of benzene rings is 1. The zero-order valence-corrected chi connectivity index (χ0v) is 14.2. The third kappa shape index (κ3) is 3.37. The Balaban J connectivity index is 1.89. The van der Waals surface area contributed by atoms with E-state index in [0.717, 1.165) is 40.8 Å². The fourth-order valence-corrected chi connectivity index (χ4v) is 3.44. The Bertz CT molecular complexity index is 699. The third-order valence-corrected chi connectivity index (χ3v) is 4.91. The van der Waals surface area contributed by atoms with E-state index < -0.39 is 0 Å². The molecule has 1 atom stereocenters. The molecule has 5 nitrogen and oxygen atoms in total. The first-order chi connectivity index (χ1) is 11.2. The van der Waals surface area contributed by atoms with E-state index in [2.05, 4.69) is 28.3 Å². The van der Waals surface area contributed by atoms with Crippen LogP contribution >= 0.6 is 11.8 Å². The van der Waals surface area contributed by atoms with Gasteiger partial charge < -0.3 is 15.0 Å². The van der Waals surface area contributed by atoms with Gasteiger partial charge in [0.2, 0.25) is 0 Å². The Hall–Kier alpha value is -1.95. The molecule has 0 unspecified atom stereocenters. The number of hydrogen-bond acceptors (Lipinski definition) is 4. The van der Waals surface area contributed by atoms with Crippen molar-refractivity contribution < 1.29 is 9.53 Å². The Kier molecular flexibility index (Phi) is 4.91. The molecular weight excluding hydrogens is 310 g/mol. The van der Waals surface area contributed by atoms with Gasteiger partial charge in [-0.2, -0.15) is 11.8 Å². The summed E-state index contributed by atoms with van der Waals surface area (Å²) in [6.07, 6.45) is 0.748. The number of hydrogen-bond donors (Lipinski definition) is 2. The number of amides is 1. The molecule has 1 amide bonds. The van der Waals surface area contributed by atoms with Crippen molar-refractivity contribution in [3.8, 4) is 5.75 Å². The first kappa shape index (κ1) is 15.9. The maximum atomic E-state index is 12.3. The Morgan fingerprint density at radius 3 is 3.00 bits per heavy atom. The summed E-state index contributed by atoms with van der Waals surface area (Å²) in [5.74, 6) is 3.64. The summed E-state index contributed by atoms with van der Waals surface area (Å²) in [5, 5.41) is 2.99. The molecule has 1 aliphatic heterocycles. The lowest BCUT2D eigenvalue weighted by molar-refractivity contribution is 0.0950. The summed E-state index contributed by atoms with van der Waals surface area (Å²) < 4.78 is 5.47. The van der Waals surface area contributed by atoms with Crippen molar-refractivity contribution in [3.63, 3.8) is 0 Å². The maximum absolute atomic E-state index is 12.3. The number of carbonyl (C=O) groups is 1. The predicted octanol–water partition coefficient (Wildman–Crippen LogP) is 2.74. The second-order valence-electron chi connectivity index (χ2n) is 5.50. The third-order valence-electron chi connectivity index (χ3n) is 4.02. The molecule has 23 heavy (non-hydrogen) atoms. The van der Waals surface area contributed by atoms with E-state index in [1.807, 2.05) is 18.2 Å². The average molecular weight is 331 g/mol. The second-order valence-corrected chi connectivity index (χ2v) is 6.78. The number of fused-ring (bicyclic) bond motifs is 1. The van der Waals surface area contributed by atoms with Crippen molar-refractivity contribution in [3.05, 3.63) is 47.0 Å². The first-order valence-electron chi connectivity index (χ1n) is 7.79. The van der Waals surface area contributed by atoms with Crippen LogP contribution < -0.4 is 10.1 Å². The summed E-state index contributed by atoms with van der Waals surface area (Å²) in [6, 6.07) is 7.98. The predicted molar refractivity (Wildman–Crippen MR) is 92.2 cm³/mol. The summed E-state index contributed by atoms with van der Waals surface area (Å²) in [5.41, 5.74) is 2.57. The molecule has 1 aromatic carbocycles. The van der Waals surface area contributed by atoms with E-state index >= 15 is 0 Å². The highest BCUT2D eigenvalue weighted by Gasteiger charge is 2.27. The van der Waals surface area contributed by atoms with Crippen LogP contribution in [0.4, 0.5) is 0 Å². The van der Waals surface area contributed by atoms with Crippen molar-refractivity contribution >= 4 is 17.7 Å². The highest BCUT2D eigenvalue weighted by Crippen LogP contribution is 2.31. The van der Waals surface area contributed by atoms with E-state index in [9.17, 15) is 4.79 Å². The fourth-order valence-electron chi connectivity index (χ4n) is 2.91. The molecule has 0 aliphatic carbocycles. The van der Waals surface area contributed by atoms with Gasteiger partial charge in [0.05, 0.1) is 12.9 Å². The maximum Gasteiger partial charge on any atom is 0.271 e. The number of rotatable bonds is 5. The van der Waals surface area contributed by atoms with Gasteiger partial charge in [0, 0.05) is 18.2 Å². The number of imidazole rings is 1. The summed E-state index contributed by atoms with van der Waals surface area (Å²) >= 11 is 1.79. The van der Waals surface area contributed by atoms with Crippen molar-refractivity contribution in [1.29, 1.82) is 0 Å². The number of thioether (sulfide) groups is 1. The molecule has 2 heterocycles. The van der Waals surface area contributed by atoms with Crippen LogP contribution in [-0.4, -0.2) is 35.3 Å². The van der Waals surface area contributed by atoms with Gasteiger partial charge >= 0.3 is 0 Å². The van der Waals surface area contributed by atoms with E-state index in [0.29, 0.717) is 12.2 Å². The van der Waals surface area contributed by atoms with Crippen LogP contribution in [0.1, 0.15) is 40.4 Å². The molecule has 0 radical (unpaired) electrons. The minimum absolute atomic E-state index is 0.0959. The smallest absolute Gasteiger partial charge is 0.271 e. The molecule has 1 aliphatic rings. The monoisotopic (exact) mass is 331 g/mol. The lowest BCUT2D eigenvalue weighted by Gasteiger charge is -2.17. The van der Waals surface area contributed by atoms with Crippen LogP contribution in [0.25, 0.3) is 0 Å². The number of aromatic amines is 1. The molecule has 2 N–H and O–H groups in total. The topological polar surface area (TPSA) is 67.0 Å². The lowest BCUT2D eigenvalue weighted by atomic mass is 9.93. The summed E-state index contributed by atoms with van der Waals surface area (Å²) in [4.78, 5) is 20.1. The molecule has 0 bridgehead atoms. The quantitative estimate of drug-likeness (QED) is 0.884. The minimum Gasteiger partial charge on any atom is -0.496 e. The molecule has 0 fully saturated rings. The number of ether oxygens (including phenoxy) is 1. The molecule has 0 saturated heterocycles. The van der Waals surface area contributed by atoms with Gasteiger partial charge in [-0.3, -0.25) is 4.79 Å². The van der Waals surface area contributed by atoms with Crippen molar-refractivity contribution in [2.24, 2.45) is 0 Å². The van der Waals surface area contributed by atoms with Gasteiger partial charge in [0.25, 0.3) is 5.91 Å². The lowest BCUT2D eigenvalue weighted by Crippen LogP contribution is -2.26. The minimum atomic E-state index is -0.0959. The molecule has 3 rings (SSSR count). The largest absolute Gasteiger partial charge is 0.496 e. The van der Waals surface area contributed by atoms with Crippen LogP contribution in [-0.2, 0) is 12.2 Å². The molecule has 6 heteroatoms. The number of para-hydroxylation sites is 1. The number of nitrogens with one attached hydrogen (secondary N) is 2. The zero-order chi connectivity index (χ0) is 16.2. The number of H-pyrrole nitrogens is 1.